The van der Waals surface area contributed by atoms with Crippen LogP contribution >= 0.6 is 0 Å². The number of rotatable bonds is 6. The smallest absolute Gasteiger partial charge is 0.402 e. The first kappa shape index (κ1) is 21.1. The number of primary amides is 1. The second-order valence-corrected chi connectivity index (χ2v) is 8.32. The van der Waals surface area contributed by atoms with Crippen LogP contribution in [0.3, 0.4) is 0 Å². The minimum atomic E-state index is -0.764. The molecule has 3 N–H and O–H groups in total. The molecule has 6 nitrogen and oxygen atoms in total. The number of amides is 2. The van der Waals surface area contributed by atoms with Gasteiger partial charge in [0.2, 0.25) is 5.91 Å². The highest BCUT2D eigenvalue weighted by Crippen LogP contribution is 2.37. The molecule has 1 saturated heterocycles. The van der Waals surface area contributed by atoms with Gasteiger partial charge in [-0.3, -0.25) is 9.59 Å². The molecule has 0 saturated carbocycles. The minimum absolute atomic E-state index is 0.0787. The molecule has 2 aromatic carbocycles. The van der Waals surface area contributed by atoms with E-state index in [2.05, 4.69) is 5.32 Å². The molecule has 1 aliphatic rings. The molecule has 0 radical (unpaired) electrons. The molecule has 1 fully saturated rings. The Kier molecular flexibility index (Phi) is 5.82. The number of nitrogens with one attached hydrogen (secondary N) is 1. The van der Waals surface area contributed by atoms with Crippen LogP contribution in [0.5, 0.6) is 0 Å². The number of nitrogens with two attached hydrogens (primary N) is 1. The molecule has 3 rings (SSSR count). The molecule has 2 aromatic rings. The lowest BCUT2D eigenvalue weighted by Crippen LogP contribution is -2.50. The summed E-state index contributed by atoms with van der Waals surface area (Å²) in [5.41, 5.74) is 6.82. The summed E-state index contributed by atoms with van der Waals surface area (Å²) in [5, 5.41) is 2.85. The predicted molar refractivity (Wildman–Crippen MR) is 113 cm³/mol. The van der Waals surface area contributed by atoms with E-state index in [1.165, 1.54) is 0 Å². The molecular formula is C22H27BN2O4. The third-order valence-electron chi connectivity index (χ3n) is 5.59. The zero-order chi connectivity index (χ0) is 21.2. The van der Waals surface area contributed by atoms with Gasteiger partial charge in [-0.15, -0.1) is 0 Å². The van der Waals surface area contributed by atoms with Gasteiger partial charge in [-0.05, 0) is 51.0 Å². The summed E-state index contributed by atoms with van der Waals surface area (Å²) in [5.74, 6) is -1.54. The third-order valence-corrected chi connectivity index (χ3v) is 5.59. The fourth-order valence-corrected chi connectivity index (χ4v) is 3.18. The van der Waals surface area contributed by atoms with Gasteiger partial charge in [0.25, 0.3) is 5.91 Å². The van der Waals surface area contributed by atoms with Crippen LogP contribution in [0.15, 0.2) is 54.6 Å². The highest BCUT2D eigenvalue weighted by atomic mass is 16.7. The van der Waals surface area contributed by atoms with E-state index in [4.69, 9.17) is 15.0 Å². The van der Waals surface area contributed by atoms with Gasteiger partial charge in [-0.25, -0.2) is 0 Å². The summed E-state index contributed by atoms with van der Waals surface area (Å²) in [4.78, 5) is 24.4. The van der Waals surface area contributed by atoms with Crippen LogP contribution in [-0.2, 0) is 14.1 Å². The maximum absolute atomic E-state index is 12.8. The van der Waals surface area contributed by atoms with E-state index < -0.39 is 30.2 Å². The van der Waals surface area contributed by atoms with Crippen molar-refractivity contribution < 1.29 is 18.9 Å². The van der Waals surface area contributed by atoms with Crippen molar-refractivity contribution in [2.45, 2.75) is 51.3 Å². The van der Waals surface area contributed by atoms with Crippen LogP contribution in [0.25, 0.3) is 11.1 Å². The first-order valence-corrected chi connectivity index (χ1v) is 9.69. The average molecular weight is 394 g/mol. The Morgan fingerprint density at radius 2 is 1.45 bits per heavy atom. The monoisotopic (exact) mass is 394 g/mol. The molecule has 152 valence electrons. The quantitative estimate of drug-likeness (QED) is 0.737. The van der Waals surface area contributed by atoms with Gasteiger partial charge in [-0.2, -0.15) is 0 Å². The van der Waals surface area contributed by atoms with E-state index in [1.807, 2.05) is 70.2 Å². The standard InChI is InChI=1S/C22H27BN2O4/c1-21(2)22(3,4)29-23(28-21)18(14-19(24)26)25-20(27)17-12-10-16(11-13-17)15-8-6-5-7-9-15/h5-13,18H,14H2,1-4H3,(H2,24,26)(H,25,27). The maximum Gasteiger partial charge on any atom is 0.482 e. The lowest BCUT2D eigenvalue weighted by Gasteiger charge is -2.32. The van der Waals surface area contributed by atoms with Crippen molar-refractivity contribution in [3.63, 3.8) is 0 Å². The Labute approximate surface area is 171 Å². The lowest BCUT2D eigenvalue weighted by molar-refractivity contribution is -0.118. The summed E-state index contributed by atoms with van der Waals surface area (Å²) >= 11 is 0. The van der Waals surface area contributed by atoms with Crippen molar-refractivity contribution in [1.82, 2.24) is 5.32 Å². The number of carbonyl (C=O) groups excluding carboxylic acids is 2. The van der Waals surface area contributed by atoms with E-state index in [0.717, 1.165) is 11.1 Å². The Balaban J connectivity index is 1.74. The lowest BCUT2D eigenvalue weighted by atomic mass is 9.76. The number of benzene rings is 2. The van der Waals surface area contributed by atoms with E-state index >= 15 is 0 Å². The Hall–Kier alpha value is -2.64. The van der Waals surface area contributed by atoms with Crippen LogP contribution in [0, 0.1) is 0 Å². The van der Waals surface area contributed by atoms with E-state index in [1.54, 1.807) is 12.1 Å². The second-order valence-electron chi connectivity index (χ2n) is 8.32. The van der Waals surface area contributed by atoms with Crippen LogP contribution in [-0.4, -0.2) is 36.1 Å². The van der Waals surface area contributed by atoms with E-state index in [9.17, 15) is 9.59 Å². The number of carbonyl (C=O) groups is 2. The normalized spacial score (nSPS) is 18.3. The van der Waals surface area contributed by atoms with Gasteiger partial charge in [0.1, 0.15) is 0 Å². The highest BCUT2D eigenvalue weighted by molar-refractivity contribution is 6.48. The average Bonchev–Trinajstić information content (AvgIpc) is 2.89. The molecule has 0 aliphatic carbocycles. The highest BCUT2D eigenvalue weighted by Gasteiger charge is 2.54. The molecule has 0 spiro atoms. The molecule has 2 amide bonds. The third kappa shape index (κ3) is 4.69. The maximum atomic E-state index is 12.8. The van der Waals surface area contributed by atoms with Crippen molar-refractivity contribution >= 4 is 18.9 Å². The van der Waals surface area contributed by atoms with Crippen molar-refractivity contribution in [3.05, 3.63) is 60.2 Å². The zero-order valence-electron chi connectivity index (χ0n) is 17.3. The summed E-state index contributed by atoms with van der Waals surface area (Å²) in [6.07, 6.45) is -0.0787. The molecule has 7 heteroatoms. The first-order chi connectivity index (χ1) is 13.6. The topological polar surface area (TPSA) is 90.6 Å². The number of hydrogen-bond acceptors (Lipinski definition) is 4. The summed E-state index contributed by atoms with van der Waals surface area (Å²) < 4.78 is 12.0. The van der Waals surface area contributed by atoms with Gasteiger partial charge in [-0.1, -0.05) is 42.5 Å². The van der Waals surface area contributed by atoms with Crippen LogP contribution in [0.4, 0.5) is 0 Å². The zero-order valence-corrected chi connectivity index (χ0v) is 17.3. The Morgan fingerprint density at radius 1 is 0.931 bits per heavy atom. The minimum Gasteiger partial charge on any atom is -0.402 e. The summed E-state index contributed by atoms with van der Waals surface area (Å²) in [7, 11) is -0.764. The van der Waals surface area contributed by atoms with E-state index in [-0.39, 0.29) is 12.3 Å². The van der Waals surface area contributed by atoms with Gasteiger partial charge in [0, 0.05) is 12.0 Å². The fraction of sp³-hybridized carbons (Fsp3) is 0.364. The van der Waals surface area contributed by atoms with Gasteiger partial charge in [0.15, 0.2) is 0 Å². The van der Waals surface area contributed by atoms with E-state index in [0.29, 0.717) is 5.56 Å². The summed E-state index contributed by atoms with van der Waals surface area (Å²) in [6.45, 7) is 7.66. The van der Waals surface area contributed by atoms with Gasteiger partial charge in [0.05, 0.1) is 17.1 Å². The van der Waals surface area contributed by atoms with Crippen LogP contribution in [0.2, 0.25) is 0 Å². The van der Waals surface area contributed by atoms with Crippen LogP contribution < -0.4 is 11.1 Å². The van der Waals surface area contributed by atoms with Crippen molar-refractivity contribution in [3.8, 4) is 11.1 Å². The molecule has 1 atom stereocenters. The van der Waals surface area contributed by atoms with Gasteiger partial charge >= 0.3 is 7.12 Å². The second kappa shape index (κ2) is 8.01. The molecule has 0 bridgehead atoms. The molecule has 0 aromatic heterocycles. The molecule has 1 unspecified atom stereocenters. The van der Waals surface area contributed by atoms with Crippen LogP contribution in [0.1, 0.15) is 44.5 Å². The fourth-order valence-electron chi connectivity index (χ4n) is 3.18. The first-order valence-electron chi connectivity index (χ1n) is 9.69. The summed E-state index contributed by atoms with van der Waals surface area (Å²) in [6, 6.07) is 17.2. The number of hydrogen-bond donors (Lipinski definition) is 2. The van der Waals surface area contributed by atoms with Crippen molar-refractivity contribution in [1.29, 1.82) is 0 Å². The molecule has 1 heterocycles. The van der Waals surface area contributed by atoms with Crippen molar-refractivity contribution in [2.75, 3.05) is 0 Å². The Bertz CT molecular complexity index is 865. The predicted octanol–water partition coefficient (Wildman–Crippen LogP) is 2.96. The largest absolute Gasteiger partial charge is 0.482 e. The van der Waals surface area contributed by atoms with Crippen molar-refractivity contribution in [2.24, 2.45) is 5.73 Å². The molecular weight excluding hydrogens is 367 g/mol. The molecule has 1 aliphatic heterocycles. The SMILES string of the molecule is CC1(C)OB(C(CC(N)=O)NC(=O)c2ccc(-c3ccccc3)cc2)OC1(C)C. The van der Waals surface area contributed by atoms with Gasteiger partial charge < -0.3 is 20.4 Å². The molecule has 29 heavy (non-hydrogen) atoms. The Morgan fingerprint density at radius 3 is 1.97 bits per heavy atom.